The SMILES string of the molecule is Cn1nc(C(=O)O)cc1NC(=O)C1CCCc2n[nH]nc21. The van der Waals surface area contributed by atoms with Gasteiger partial charge in [-0.3, -0.25) is 9.48 Å². The fraction of sp³-hybridized carbons (Fsp3) is 0.417. The third-order valence-electron chi connectivity index (χ3n) is 3.55. The number of anilines is 1. The van der Waals surface area contributed by atoms with E-state index in [0.717, 1.165) is 18.5 Å². The van der Waals surface area contributed by atoms with Crippen LogP contribution in [0, 0.1) is 0 Å². The lowest BCUT2D eigenvalue weighted by Gasteiger charge is -2.19. The maximum Gasteiger partial charge on any atom is 0.356 e. The summed E-state index contributed by atoms with van der Waals surface area (Å²) in [5.41, 5.74) is 1.37. The summed E-state index contributed by atoms with van der Waals surface area (Å²) in [5, 5.41) is 26.0. The van der Waals surface area contributed by atoms with Crippen molar-refractivity contribution in [2.75, 3.05) is 5.32 Å². The molecule has 2 aromatic heterocycles. The Balaban J connectivity index is 1.80. The van der Waals surface area contributed by atoms with E-state index in [0.29, 0.717) is 17.9 Å². The number of fused-ring (bicyclic) bond motifs is 1. The van der Waals surface area contributed by atoms with E-state index < -0.39 is 5.97 Å². The first-order valence-electron chi connectivity index (χ1n) is 6.54. The number of carbonyl (C=O) groups excluding carboxylic acids is 1. The zero-order valence-electron chi connectivity index (χ0n) is 11.3. The Morgan fingerprint density at radius 2 is 2.29 bits per heavy atom. The van der Waals surface area contributed by atoms with Gasteiger partial charge < -0.3 is 10.4 Å². The molecule has 9 nitrogen and oxygen atoms in total. The van der Waals surface area contributed by atoms with Gasteiger partial charge in [-0.25, -0.2) is 4.79 Å². The minimum atomic E-state index is -1.14. The number of aromatic nitrogens is 5. The number of nitrogens with one attached hydrogen (secondary N) is 2. The number of rotatable bonds is 3. The fourth-order valence-corrected chi connectivity index (χ4v) is 2.49. The Morgan fingerprint density at radius 1 is 1.48 bits per heavy atom. The van der Waals surface area contributed by atoms with Crippen LogP contribution in [0.2, 0.25) is 0 Å². The molecule has 21 heavy (non-hydrogen) atoms. The number of aromatic carboxylic acids is 1. The Bertz CT molecular complexity index is 704. The summed E-state index contributed by atoms with van der Waals surface area (Å²) in [6, 6.07) is 1.33. The second-order valence-electron chi connectivity index (χ2n) is 4.93. The molecule has 0 saturated carbocycles. The lowest BCUT2D eigenvalue weighted by atomic mass is 9.89. The minimum Gasteiger partial charge on any atom is -0.476 e. The highest BCUT2D eigenvalue weighted by atomic mass is 16.4. The molecule has 3 rings (SSSR count). The van der Waals surface area contributed by atoms with Gasteiger partial charge in [0.1, 0.15) is 5.82 Å². The van der Waals surface area contributed by atoms with Crippen LogP contribution in [-0.2, 0) is 18.3 Å². The van der Waals surface area contributed by atoms with E-state index in [2.05, 4.69) is 25.8 Å². The third-order valence-corrected chi connectivity index (χ3v) is 3.55. The van der Waals surface area contributed by atoms with Gasteiger partial charge in [-0.05, 0) is 19.3 Å². The number of carboxylic acid groups (broad SMARTS) is 1. The highest BCUT2D eigenvalue weighted by Crippen LogP contribution is 2.29. The molecule has 1 aliphatic carbocycles. The van der Waals surface area contributed by atoms with Crippen LogP contribution in [0.1, 0.15) is 40.6 Å². The second kappa shape index (κ2) is 5.00. The topological polar surface area (TPSA) is 126 Å². The van der Waals surface area contributed by atoms with Gasteiger partial charge in [0.25, 0.3) is 0 Å². The lowest BCUT2D eigenvalue weighted by molar-refractivity contribution is -0.118. The summed E-state index contributed by atoms with van der Waals surface area (Å²) in [4.78, 5) is 23.3. The average Bonchev–Trinajstić information content (AvgIpc) is 3.05. The van der Waals surface area contributed by atoms with Crippen LogP contribution in [0.15, 0.2) is 6.07 Å². The Labute approximate surface area is 119 Å². The molecule has 0 saturated heterocycles. The van der Waals surface area contributed by atoms with E-state index in [-0.39, 0.29) is 17.5 Å². The first kappa shape index (κ1) is 13.3. The molecule has 1 aliphatic rings. The number of hydrogen-bond acceptors (Lipinski definition) is 5. The molecule has 2 heterocycles. The van der Waals surface area contributed by atoms with Crippen molar-refractivity contribution in [2.45, 2.75) is 25.2 Å². The molecular weight excluding hydrogens is 276 g/mol. The Kier molecular flexibility index (Phi) is 3.16. The second-order valence-corrected chi connectivity index (χ2v) is 4.93. The number of amides is 1. The smallest absolute Gasteiger partial charge is 0.356 e. The van der Waals surface area contributed by atoms with Crippen molar-refractivity contribution in [1.29, 1.82) is 0 Å². The van der Waals surface area contributed by atoms with E-state index in [1.165, 1.54) is 10.7 Å². The van der Waals surface area contributed by atoms with Crippen LogP contribution in [0.5, 0.6) is 0 Å². The van der Waals surface area contributed by atoms with Crippen LogP contribution in [0.4, 0.5) is 5.82 Å². The molecule has 110 valence electrons. The quantitative estimate of drug-likeness (QED) is 0.746. The van der Waals surface area contributed by atoms with Crippen molar-refractivity contribution >= 4 is 17.7 Å². The van der Waals surface area contributed by atoms with Gasteiger partial charge in [0.2, 0.25) is 5.91 Å². The predicted octanol–water partition coefficient (Wildman–Crippen LogP) is 0.295. The van der Waals surface area contributed by atoms with E-state index in [1.54, 1.807) is 7.05 Å². The summed E-state index contributed by atoms with van der Waals surface area (Å²) in [5.74, 6) is -1.41. The highest BCUT2D eigenvalue weighted by molar-refractivity contribution is 5.96. The number of carboxylic acids is 1. The van der Waals surface area contributed by atoms with Gasteiger partial charge >= 0.3 is 5.97 Å². The van der Waals surface area contributed by atoms with Crippen LogP contribution >= 0.6 is 0 Å². The molecule has 1 unspecified atom stereocenters. The van der Waals surface area contributed by atoms with Gasteiger partial charge in [0.15, 0.2) is 5.69 Å². The standard InChI is InChI=1S/C12H14N6O3/c1-18-9(5-8(16-18)12(20)21)13-11(19)6-3-2-4-7-10(6)15-17-14-7/h5-6H,2-4H2,1H3,(H,13,19)(H,20,21)(H,14,15,17). The summed E-state index contributed by atoms with van der Waals surface area (Å²) < 4.78 is 1.33. The first-order valence-corrected chi connectivity index (χ1v) is 6.54. The molecule has 0 radical (unpaired) electrons. The van der Waals surface area contributed by atoms with Gasteiger partial charge in [-0.15, -0.1) is 0 Å². The number of hydrogen-bond donors (Lipinski definition) is 3. The summed E-state index contributed by atoms with van der Waals surface area (Å²) in [7, 11) is 1.57. The summed E-state index contributed by atoms with van der Waals surface area (Å²) in [6.45, 7) is 0. The monoisotopic (exact) mass is 290 g/mol. The van der Waals surface area contributed by atoms with E-state index in [1.807, 2.05) is 0 Å². The molecule has 9 heteroatoms. The summed E-state index contributed by atoms with van der Waals surface area (Å²) >= 11 is 0. The maximum atomic E-state index is 12.4. The molecule has 2 aromatic rings. The number of carbonyl (C=O) groups is 2. The van der Waals surface area contributed by atoms with Crippen LogP contribution in [-0.4, -0.2) is 42.2 Å². The number of aryl methyl sites for hydroxylation is 2. The molecule has 0 aliphatic heterocycles. The van der Waals surface area contributed by atoms with Gasteiger partial charge in [0.05, 0.1) is 17.3 Å². The molecular formula is C12H14N6O3. The van der Waals surface area contributed by atoms with E-state index in [4.69, 9.17) is 5.11 Å². The molecule has 3 N–H and O–H groups in total. The van der Waals surface area contributed by atoms with E-state index >= 15 is 0 Å². The van der Waals surface area contributed by atoms with Crippen molar-refractivity contribution < 1.29 is 14.7 Å². The van der Waals surface area contributed by atoms with E-state index in [9.17, 15) is 9.59 Å². The number of nitrogens with zero attached hydrogens (tertiary/aromatic N) is 4. The molecule has 0 fully saturated rings. The minimum absolute atomic E-state index is 0.112. The zero-order chi connectivity index (χ0) is 15.0. The van der Waals surface area contributed by atoms with Crippen molar-refractivity contribution in [3.63, 3.8) is 0 Å². The van der Waals surface area contributed by atoms with Gasteiger partial charge in [-0.1, -0.05) is 0 Å². The zero-order valence-corrected chi connectivity index (χ0v) is 11.3. The molecule has 1 amide bonds. The van der Waals surface area contributed by atoms with Crippen molar-refractivity contribution in [3.05, 3.63) is 23.1 Å². The number of aromatic amines is 1. The Hall–Kier alpha value is -2.71. The van der Waals surface area contributed by atoms with Crippen molar-refractivity contribution in [3.8, 4) is 0 Å². The fourth-order valence-electron chi connectivity index (χ4n) is 2.49. The van der Waals surface area contributed by atoms with Crippen molar-refractivity contribution in [1.82, 2.24) is 25.2 Å². The predicted molar refractivity (Wildman–Crippen MR) is 70.9 cm³/mol. The maximum absolute atomic E-state index is 12.4. The normalized spacial score (nSPS) is 17.3. The summed E-state index contributed by atoms with van der Waals surface area (Å²) in [6.07, 6.45) is 2.36. The van der Waals surface area contributed by atoms with Crippen molar-refractivity contribution in [2.24, 2.45) is 7.05 Å². The van der Waals surface area contributed by atoms with Gasteiger partial charge in [0, 0.05) is 13.1 Å². The van der Waals surface area contributed by atoms with Crippen LogP contribution < -0.4 is 5.32 Å². The van der Waals surface area contributed by atoms with Crippen LogP contribution in [0.3, 0.4) is 0 Å². The molecule has 0 spiro atoms. The molecule has 0 aromatic carbocycles. The molecule has 1 atom stereocenters. The first-order chi connectivity index (χ1) is 10.1. The van der Waals surface area contributed by atoms with Gasteiger partial charge in [-0.2, -0.15) is 20.5 Å². The Morgan fingerprint density at radius 3 is 3.00 bits per heavy atom. The third kappa shape index (κ3) is 2.37. The largest absolute Gasteiger partial charge is 0.476 e. The highest BCUT2D eigenvalue weighted by Gasteiger charge is 2.30. The van der Waals surface area contributed by atoms with Crippen LogP contribution in [0.25, 0.3) is 0 Å². The number of H-pyrrole nitrogens is 1. The molecule has 0 bridgehead atoms. The lowest BCUT2D eigenvalue weighted by Crippen LogP contribution is -2.25. The average molecular weight is 290 g/mol.